The number of nitro benzene ring substituents is 1. The first kappa shape index (κ1) is 17.9. The van der Waals surface area contributed by atoms with E-state index < -0.39 is 17.5 Å². The zero-order chi connectivity index (χ0) is 17.9. The molecule has 1 fully saturated rings. The van der Waals surface area contributed by atoms with Crippen molar-refractivity contribution in [2.75, 3.05) is 19.7 Å². The summed E-state index contributed by atoms with van der Waals surface area (Å²) >= 11 is 0. The smallest absolute Gasteiger partial charge is 0.339 e. The zero-order valence-electron chi connectivity index (χ0n) is 13.9. The van der Waals surface area contributed by atoms with Crippen molar-refractivity contribution in [3.8, 4) is 0 Å². The van der Waals surface area contributed by atoms with Crippen LogP contribution in [0, 0.1) is 17.0 Å². The number of ether oxygens (including phenoxy) is 2. The van der Waals surface area contributed by atoms with Crippen molar-refractivity contribution in [3.63, 3.8) is 0 Å². The van der Waals surface area contributed by atoms with E-state index in [1.165, 1.54) is 25.1 Å². The maximum Gasteiger partial charge on any atom is 0.339 e. The molecule has 1 aliphatic rings. The molecule has 1 heterocycles. The molecule has 0 aromatic heterocycles. The van der Waals surface area contributed by atoms with Gasteiger partial charge in [0, 0.05) is 24.7 Å². The highest BCUT2D eigenvalue weighted by Crippen LogP contribution is 2.21. The number of carbonyl (C=O) groups is 2. The summed E-state index contributed by atoms with van der Waals surface area (Å²) in [4.78, 5) is 36.2. The Balaban J connectivity index is 1.99. The molecule has 0 saturated carbocycles. The van der Waals surface area contributed by atoms with Gasteiger partial charge in [0.2, 0.25) is 0 Å². The third-order valence-corrected chi connectivity index (χ3v) is 3.82. The number of esters is 1. The Labute approximate surface area is 139 Å². The highest BCUT2D eigenvalue weighted by Gasteiger charge is 2.27. The lowest BCUT2D eigenvalue weighted by Crippen LogP contribution is -2.49. The number of morpholine rings is 1. The van der Waals surface area contributed by atoms with Crippen LogP contribution in [0.5, 0.6) is 0 Å². The second-order valence-electron chi connectivity index (χ2n) is 5.84. The topological polar surface area (TPSA) is 99.0 Å². The van der Waals surface area contributed by atoms with E-state index in [9.17, 15) is 19.7 Å². The molecule has 0 radical (unpaired) electrons. The summed E-state index contributed by atoms with van der Waals surface area (Å²) in [6, 6.07) is 4.16. The summed E-state index contributed by atoms with van der Waals surface area (Å²) in [5.74, 6) is -1.06. The first-order valence-electron chi connectivity index (χ1n) is 7.64. The van der Waals surface area contributed by atoms with E-state index >= 15 is 0 Å². The summed E-state index contributed by atoms with van der Waals surface area (Å²) < 4.78 is 10.6. The van der Waals surface area contributed by atoms with Crippen molar-refractivity contribution in [1.29, 1.82) is 0 Å². The van der Waals surface area contributed by atoms with E-state index in [2.05, 4.69) is 0 Å². The molecule has 130 valence electrons. The van der Waals surface area contributed by atoms with Crippen LogP contribution in [0.1, 0.15) is 29.8 Å². The van der Waals surface area contributed by atoms with Gasteiger partial charge in [-0.3, -0.25) is 14.9 Å². The van der Waals surface area contributed by atoms with E-state index in [1.807, 2.05) is 13.8 Å². The van der Waals surface area contributed by atoms with Crippen LogP contribution in [0.2, 0.25) is 0 Å². The van der Waals surface area contributed by atoms with Crippen molar-refractivity contribution in [1.82, 2.24) is 4.90 Å². The second-order valence-corrected chi connectivity index (χ2v) is 5.84. The van der Waals surface area contributed by atoms with E-state index in [4.69, 9.17) is 9.47 Å². The Morgan fingerprint density at radius 2 is 1.96 bits per heavy atom. The molecule has 1 aromatic rings. The molecule has 0 aliphatic carbocycles. The Bertz CT molecular complexity index is 650. The third kappa shape index (κ3) is 4.08. The molecule has 0 N–H and O–H groups in total. The van der Waals surface area contributed by atoms with Crippen molar-refractivity contribution in [2.24, 2.45) is 0 Å². The van der Waals surface area contributed by atoms with Crippen LogP contribution in [-0.2, 0) is 14.3 Å². The van der Waals surface area contributed by atoms with E-state index in [0.29, 0.717) is 13.1 Å². The Hall–Kier alpha value is -2.48. The number of carbonyl (C=O) groups excluding carboxylic acids is 2. The molecule has 0 spiro atoms. The van der Waals surface area contributed by atoms with Gasteiger partial charge in [0.25, 0.3) is 11.6 Å². The molecule has 24 heavy (non-hydrogen) atoms. The van der Waals surface area contributed by atoms with Crippen LogP contribution in [0.3, 0.4) is 0 Å². The van der Waals surface area contributed by atoms with Gasteiger partial charge in [0.1, 0.15) is 0 Å². The molecule has 2 rings (SSSR count). The predicted molar refractivity (Wildman–Crippen MR) is 84.7 cm³/mol. The third-order valence-electron chi connectivity index (χ3n) is 3.82. The van der Waals surface area contributed by atoms with E-state index in [0.717, 1.165) is 0 Å². The predicted octanol–water partition coefficient (Wildman–Crippen LogP) is 1.70. The van der Waals surface area contributed by atoms with Gasteiger partial charge in [-0.2, -0.15) is 0 Å². The number of nitro groups is 1. The second kappa shape index (κ2) is 7.39. The van der Waals surface area contributed by atoms with Crippen LogP contribution in [0.15, 0.2) is 18.2 Å². The van der Waals surface area contributed by atoms with Gasteiger partial charge in [-0.1, -0.05) is 6.07 Å². The van der Waals surface area contributed by atoms with Crippen LogP contribution < -0.4 is 0 Å². The summed E-state index contributed by atoms with van der Waals surface area (Å²) in [6.07, 6.45) is -0.153. The number of benzene rings is 1. The highest BCUT2D eigenvalue weighted by atomic mass is 16.6. The first-order chi connectivity index (χ1) is 11.3. The van der Waals surface area contributed by atoms with Crippen LogP contribution in [0.4, 0.5) is 5.69 Å². The normalized spacial score (nSPS) is 20.5. The summed E-state index contributed by atoms with van der Waals surface area (Å²) in [5, 5.41) is 10.9. The van der Waals surface area contributed by atoms with Gasteiger partial charge in [-0.15, -0.1) is 0 Å². The number of nitrogens with zero attached hydrogens (tertiary/aromatic N) is 2. The molecule has 8 nitrogen and oxygen atoms in total. The fraction of sp³-hybridized carbons (Fsp3) is 0.500. The first-order valence-corrected chi connectivity index (χ1v) is 7.64. The quantitative estimate of drug-likeness (QED) is 0.471. The minimum absolute atomic E-state index is 0.0765. The van der Waals surface area contributed by atoms with Crippen molar-refractivity contribution in [3.05, 3.63) is 39.4 Å². The standard InChI is InChI=1S/C16H20N2O6/c1-10-7-17(8-11(2)24-10)15(19)9-23-16(20)13-5-4-6-14(12(13)3)18(21)22/h4-6,10-11H,7-9H2,1-3H3/t10-,11-/m0/s1. The number of hydrogen-bond acceptors (Lipinski definition) is 6. The lowest BCUT2D eigenvalue weighted by Gasteiger charge is -2.35. The minimum Gasteiger partial charge on any atom is -0.452 e. The molecule has 2 atom stereocenters. The van der Waals surface area contributed by atoms with Crippen molar-refractivity contribution < 1.29 is 24.0 Å². The van der Waals surface area contributed by atoms with Crippen LogP contribution in [-0.4, -0.2) is 53.6 Å². The van der Waals surface area contributed by atoms with Gasteiger partial charge in [-0.25, -0.2) is 4.79 Å². The van der Waals surface area contributed by atoms with Gasteiger partial charge >= 0.3 is 5.97 Å². The van der Waals surface area contributed by atoms with Crippen LogP contribution >= 0.6 is 0 Å². The van der Waals surface area contributed by atoms with Crippen LogP contribution in [0.25, 0.3) is 0 Å². The molecular formula is C16H20N2O6. The fourth-order valence-electron chi connectivity index (χ4n) is 2.72. The zero-order valence-corrected chi connectivity index (χ0v) is 13.9. The molecule has 1 aliphatic heterocycles. The number of hydrogen-bond donors (Lipinski definition) is 0. The van der Waals surface area contributed by atoms with Gasteiger partial charge in [0.05, 0.1) is 22.7 Å². The Morgan fingerprint density at radius 3 is 2.54 bits per heavy atom. The van der Waals surface area contributed by atoms with Gasteiger partial charge in [0.15, 0.2) is 6.61 Å². The summed E-state index contributed by atoms with van der Waals surface area (Å²) in [7, 11) is 0. The van der Waals surface area contributed by atoms with Gasteiger partial charge < -0.3 is 14.4 Å². The van der Waals surface area contributed by atoms with E-state index in [1.54, 1.807) is 4.90 Å². The molecule has 0 unspecified atom stereocenters. The Morgan fingerprint density at radius 1 is 1.33 bits per heavy atom. The maximum absolute atomic E-state index is 12.2. The molecule has 0 bridgehead atoms. The summed E-state index contributed by atoms with van der Waals surface area (Å²) in [6.45, 7) is 5.69. The lowest BCUT2D eigenvalue weighted by atomic mass is 10.1. The summed E-state index contributed by atoms with van der Waals surface area (Å²) in [5.41, 5.74) is 0.140. The maximum atomic E-state index is 12.2. The lowest BCUT2D eigenvalue weighted by molar-refractivity contribution is -0.385. The van der Waals surface area contributed by atoms with Gasteiger partial charge in [-0.05, 0) is 26.8 Å². The molecule has 1 aromatic carbocycles. The molecular weight excluding hydrogens is 316 g/mol. The van der Waals surface area contributed by atoms with Crippen molar-refractivity contribution >= 4 is 17.6 Å². The molecule has 8 heteroatoms. The average Bonchev–Trinajstić information content (AvgIpc) is 2.51. The van der Waals surface area contributed by atoms with E-state index in [-0.39, 0.29) is 34.9 Å². The Kier molecular flexibility index (Phi) is 5.50. The SMILES string of the molecule is Cc1c(C(=O)OCC(=O)N2C[C@H](C)O[C@@H](C)C2)cccc1[N+](=O)[O-]. The monoisotopic (exact) mass is 336 g/mol. The molecule has 1 saturated heterocycles. The van der Waals surface area contributed by atoms with Crippen molar-refractivity contribution in [2.45, 2.75) is 33.0 Å². The molecule has 1 amide bonds. The fourth-order valence-corrected chi connectivity index (χ4v) is 2.72. The highest BCUT2D eigenvalue weighted by molar-refractivity contribution is 5.93. The largest absolute Gasteiger partial charge is 0.452 e. The average molecular weight is 336 g/mol. The number of rotatable bonds is 4. The minimum atomic E-state index is -0.751. The number of amides is 1.